The summed E-state index contributed by atoms with van der Waals surface area (Å²) in [6.07, 6.45) is 2.08. The van der Waals surface area contributed by atoms with Gasteiger partial charge in [-0.05, 0) is 70.8 Å². The zero-order valence-electron chi connectivity index (χ0n) is 17.0. The molecule has 0 aliphatic carbocycles. The van der Waals surface area contributed by atoms with Gasteiger partial charge in [-0.3, -0.25) is 10.1 Å². The number of hydrogen-bond donors (Lipinski definition) is 2. The molecule has 29 heavy (non-hydrogen) atoms. The summed E-state index contributed by atoms with van der Waals surface area (Å²) in [4.78, 5) is 12.5. The van der Waals surface area contributed by atoms with Crippen LogP contribution in [0.5, 0.6) is 11.5 Å². The molecule has 0 atom stereocenters. The third kappa shape index (κ3) is 8.03. The Balaban J connectivity index is 1.92. The Morgan fingerprint density at radius 3 is 2.66 bits per heavy atom. The van der Waals surface area contributed by atoms with Gasteiger partial charge in [-0.1, -0.05) is 33.3 Å². The van der Waals surface area contributed by atoms with Crippen LogP contribution in [0.4, 0.5) is 5.69 Å². The van der Waals surface area contributed by atoms with Crippen LogP contribution in [0.15, 0.2) is 46.9 Å². The molecule has 2 aromatic rings. The minimum Gasteiger partial charge on any atom is -0.494 e. The van der Waals surface area contributed by atoms with E-state index in [1.165, 1.54) is 0 Å². The Labute approximate surface area is 186 Å². The second kappa shape index (κ2) is 11.8. The number of thiocarbonyl (C=S) groups is 1. The summed E-state index contributed by atoms with van der Waals surface area (Å²) in [7, 11) is 0. The fraction of sp³-hybridized carbons (Fsp3) is 0.364. The summed E-state index contributed by atoms with van der Waals surface area (Å²) in [6.45, 7) is 7.56. The van der Waals surface area contributed by atoms with Gasteiger partial charge in [0.15, 0.2) is 5.11 Å². The van der Waals surface area contributed by atoms with E-state index < -0.39 is 0 Å². The maximum atomic E-state index is 12.5. The molecule has 0 spiro atoms. The topological polar surface area (TPSA) is 59.6 Å². The van der Waals surface area contributed by atoms with E-state index in [1.807, 2.05) is 24.3 Å². The smallest absolute Gasteiger partial charge is 0.257 e. The molecular weight excluding hydrogens is 452 g/mol. The standard InChI is InChI=1S/C22H27BrN2O3S/c1-4-5-11-27-18-8-6-7-17(13-18)24-22(29)25-21(26)16-9-10-20(19(23)12-16)28-14-15(2)3/h6-10,12-13,15H,4-5,11,14H2,1-3H3,(H2,24,25,26,29). The van der Waals surface area contributed by atoms with Gasteiger partial charge in [-0.25, -0.2) is 0 Å². The second-order valence-electron chi connectivity index (χ2n) is 6.99. The highest BCUT2D eigenvalue weighted by Gasteiger charge is 2.11. The number of ether oxygens (including phenoxy) is 2. The van der Waals surface area contributed by atoms with Gasteiger partial charge in [0.1, 0.15) is 11.5 Å². The molecule has 1 amide bonds. The van der Waals surface area contributed by atoms with Crippen molar-refractivity contribution in [2.45, 2.75) is 33.6 Å². The number of hydrogen-bond acceptors (Lipinski definition) is 4. The largest absolute Gasteiger partial charge is 0.494 e. The normalized spacial score (nSPS) is 10.5. The van der Waals surface area contributed by atoms with Crippen LogP contribution in [0.25, 0.3) is 0 Å². The van der Waals surface area contributed by atoms with Gasteiger partial charge in [0.25, 0.3) is 5.91 Å². The maximum Gasteiger partial charge on any atom is 0.257 e. The maximum absolute atomic E-state index is 12.5. The van der Waals surface area contributed by atoms with E-state index >= 15 is 0 Å². The lowest BCUT2D eigenvalue weighted by atomic mass is 10.2. The first-order valence-electron chi connectivity index (χ1n) is 9.66. The van der Waals surface area contributed by atoms with E-state index in [-0.39, 0.29) is 11.0 Å². The van der Waals surface area contributed by atoms with Crippen LogP contribution in [0.1, 0.15) is 44.0 Å². The van der Waals surface area contributed by atoms with Gasteiger partial charge in [0.2, 0.25) is 0 Å². The van der Waals surface area contributed by atoms with E-state index in [1.54, 1.807) is 18.2 Å². The van der Waals surface area contributed by atoms with E-state index in [9.17, 15) is 4.79 Å². The fourth-order valence-corrected chi connectivity index (χ4v) is 3.06. The lowest BCUT2D eigenvalue weighted by molar-refractivity contribution is 0.0977. The minimum atomic E-state index is -0.297. The molecule has 0 unspecified atom stereocenters. The average molecular weight is 479 g/mol. The quantitative estimate of drug-likeness (QED) is 0.352. The molecule has 0 saturated heterocycles. The Morgan fingerprint density at radius 2 is 1.97 bits per heavy atom. The Bertz CT molecular complexity index is 843. The predicted octanol–water partition coefficient (Wildman–Crippen LogP) is 5.79. The van der Waals surface area contributed by atoms with Crippen molar-refractivity contribution in [1.29, 1.82) is 0 Å². The number of nitrogens with one attached hydrogen (secondary N) is 2. The summed E-state index contributed by atoms with van der Waals surface area (Å²) in [5.41, 5.74) is 1.23. The van der Waals surface area contributed by atoms with Crippen LogP contribution in [0.2, 0.25) is 0 Å². The third-order valence-corrected chi connectivity index (χ3v) is 4.68. The van der Waals surface area contributed by atoms with Crippen LogP contribution in [0, 0.1) is 5.92 Å². The van der Waals surface area contributed by atoms with Crippen molar-refractivity contribution < 1.29 is 14.3 Å². The van der Waals surface area contributed by atoms with Gasteiger partial charge in [-0.15, -0.1) is 0 Å². The van der Waals surface area contributed by atoms with Crippen molar-refractivity contribution in [3.63, 3.8) is 0 Å². The highest BCUT2D eigenvalue weighted by atomic mass is 79.9. The summed E-state index contributed by atoms with van der Waals surface area (Å²) < 4.78 is 12.1. The number of carbonyl (C=O) groups excluding carboxylic acids is 1. The highest BCUT2D eigenvalue weighted by Crippen LogP contribution is 2.26. The number of carbonyl (C=O) groups is 1. The Kier molecular flexibility index (Phi) is 9.41. The van der Waals surface area contributed by atoms with Crippen molar-refractivity contribution in [3.05, 3.63) is 52.5 Å². The number of amides is 1. The fourth-order valence-electron chi connectivity index (χ4n) is 2.35. The first-order valence-corrected chi connectivity index (χ1v) is 10.9. The lowest BCUT2D eigenvalue weighted by Crippen LogP contribution is -2.34. The van der Waals surface area contributed by atoms with Crippen LogP contribution in [0.3, 0.4) is 0 Å². The third-order valence-electron chi connectivity index (χ3n) is 3.85. The molecule has 5 nitrogen and oxygen atoms in total. The molecule has 0 aliphatic heterocycles. The molecule has 156 valence electrons. The van der Waals surface area contributed by atoms with Gasteiger partial charge in [0, 0.05) is 17.3 Å². The Hall–Kier alpha value is -2.12. The zero-order chi connectivity index (χ0) is 21.2. The van der Waals surface area contributed by atoms with Crippen LogP contribution in [-0.4, -0.2) is 24.2 Å². The molecule has 2 rings (SSSR count). The van der Waals surface area contributed by atoms with E-state index in [4.69, 9.17) is 21.7 Å². The number of rotatable bonds is 9. The van der Waals surface area contributed by atoms with Crippen molar-refractivity contribution >= 4 is 44.9 Å². The van der Waals surface area contributed by atoms with Crippen molar-refractivity contribution in [2.24, 2.45) is 5.92 Å². The molecule has 2 N–H and O–H groups in total. The minimum absolute atomic E-state index is 0.219. The van der Waals surface area contributed by atoms with Gasteiger partial charge in [0.05, 0.1) is 17.7 Å². The number of anilines is 1. The lowest BCUT2D eigenvalue weighted by Gasteiger charge is -2.13. The Morgan fingerprint density at radius 1 is 1.17 bits per heavy atom. The SMILES string of the molecule is CCCCOc1cccc(NC(=S)NC(=O)c2ccc(OCC(C)C)c(Br)c2)c1. The molecule has 0 heterocycles. The molecule has 0 radical (unpaired) electrons. The first kappa shape index (κ1) is 23.2. The molecular formula is C22H27BrN2O3S. The molecule has 0 bridgehead atoms. The monoisotopic (exact) mass is 478 g/mol. The van der Waals surface area contributed by atoms with Crippen molar-refractivity contribution in [3.8, 4) is 11.5 Å². The van der Waals surface area contributed by atoms with E-state index in [0.29, 0.717) is 30.4 Å². The number of halogens is 1. The van der Waals surface area contributed by atoms with Gasteiger partial charge >= 0.3 is 0 Å². The van der Waals surface area contributed by atoms with Gasteiger partial charge < -0.3 is 14.8 Å². The highest BCUT2D eigenvalue weighted by molar-refractivity contribution is 9.10. The van der Waals surface area contributed by atoms with Gasteiger partial charge in [-0.2, -0.15) is 0 Å². The molecule has 7 heteroatoms. The summed E-state index contributed by atoms with van der Waals surface area (Å²) in [5.74, 6) is 1.59. The molecule has 2 aromatic carbocycles. The summed E-state index contributed by atoms with van der Waals surface area (Å²) in [6, 6.07) is 12.7. The van der Waals surface area contributed by atoms with E-state index in [2.05, 4.69) is 47.3 Å². The summed E-state index contributed by atoms with van der Waals surface area (Å²) >= 11 is 8.72. The van der Waals surface area contributed by atoms with Crippen LogP contribution in [-0.2, 0) is 0 Å². The summed E-state index contributed by atoms with van der Waals surface area (Å²) in [5, 5.41) is 5.93. The zero-order valence-corrected chi connectivity index (χ0v) is 19.4. The molecule has 0 fully saturated rings. The van der Waals surface area contributed by atoms with Crippen LogP contribution < -0.4 is 20.1 Å². The average Bonchev–Trinajstić information content (AvgIpc) is 2.67. The van der Waals surface area contributed by atoms with E-state index in [0.717, 1.165) is 28.8 Å². The second-order valence-corrected chi connectivity index (χ2v) is 8.25. The number of benzene rings is 2. The molecule has 0 aromatic heterocycles. The number of unbranched alkanes of at least 4 members (excludes halogenated alkanes) is 1. The van der Waals surface area contributed by atoms with Crippen molar-refractivity contribution in [1.82, 2.24) is 5.32 Å². The van der Waals surface area contributed by atoms with Crippen LogP contribution >= 0.6 is 28.1 Å². The first-order chi connectivity index (χ1) is 13.9. The molecule has 0 saturated carbocycles. The molecule has 0 aliphatic rings. The van der Waals surface area contributed by atoms with Crippen molar-refractivity contribution in [2.75, 3.05) is 18.5 Å². The predicted molar refractivity (Wildman–Crippen MR) is 125 cm³/mol.